The summed E-state index contributed by atoms with van der Waals surface area (Å²) in [7, 11) is 3.67. The van der Waals surface area contributed by atoms with E-state index in [2.05, 4.69) is 15.2 Å². The quantitative estimate of drug-likeness (QED) is 0.347. The first-order chi connectivity index (χ1) is 13.0. The lowest BCUT2D eigenvalue weighted by Gasteiger charge is -2.25. The van der Waals surface area contributed by atoms with E-state index in [1.807, 2.05) is 37.4 Å². The summed E-state index contributed by atoms with van der Waals surface area (Å²) in [5, 5.41) is 3.22. The van der Waals surface area contributed by atoms with E-state index < -0.39 is 5.82 Å². The average molecular weight is 519 g/mol. The maximum absolute atomic E-state index is 13.9. The van der Waals surface area contributed by atoms with Crippen LogP contribution in [0.4, 0.5) is 10.1 Å². The van der Waals surface area contributed by atoms with Gasteiger partial charge < -0.3 is 15.8 Å². The molecule has 3 N–H and O–H groups in total. The van der Waals surface area contributed by atoms with Crippen LogP contribution >= 0.6 is 35.6 Å². The van der Waals surface area contributed by atoms with Gasteiger partial charge in [0.2, 0.25) is 0 Å². The fourth-order valence-electron chi connectivity index (χ4n) is 3.52. The summed E-state index contributed by atoms with van der Waals surface area (Å²) < 4.78 is 19.0. The van der Waals surface area contributed by atoms with Crippen LogP contribution in [0.25, 0.3) is 0 Å². The molecule has 8 heteroatoms. The Hall–Kier alpha value is -1.58. The van der Waals surface area contributed by atoms with Gasteiger partial charge >= 0.3 is 0 Å². The number of aliphatic imine (C=N–C) groups is 1. The Kier molecular flexibility index (Phi) is 8.33. The van der Waals surface area contributed by atoms with Gasteiger partial charge in [0.05, 0.1) is 12.1 Å². The predicted octanol–water partition coefficient (Wildman–Crippen LogP) is 4.53. The van der Waals surface area contributed by atoms with Gasteiger partial charge in [0.15, 0.2) is 5.96 Å². The van der Waals surface area contributed by atoms with E-state index in [4.69, 9.17) is 22.1 Å². The third-order valence-electron chi connectivity index (χ3n) is 4.92. The molecule has 0 radical (unpaired) electrons. The molecule has 1 saturated heterocycles. The number of nitrogens with two attached hydrogens (primary N) is 1. The van der Waals surface area contributed by atoms with Crippen molar-refractivity contribution < 1.29 is 9.13 Å². The Morgan fingerprint density at radius 1 is 1.32 bits per heavy atom. The number of rotatable bonds is 5. The van der Waals surface area contributed by atoms with Crippen LogP contribution < -0.4 is 15.8 Å². The van der Waals surface area contributed by atoms with Crippen molar-refractivity contribution in [2.24, 2.45) is 16.6 Å². The summed E-state index contributed by atoms with van der Waals surface area (Å²) in [6.07, 6.45) is 0.977. The highest BCUT2D eigenvalue weighted by Gasteiger charge is 2.33. The van der Waals surface area contributed by atoms with Crippen LogP contribution in [-0.4, -0.2) is 38.1 Å². The number of nitrogens with zero attached hydrogens (tertiary/aromatic N) is 2. The van der Waals surface area contributed by atoms with Crippen LogP contribution in [0.3, 0.4) is 0 Å². The molecule has 0 saturated carbocycles. The summed E-state index contributed by atoms with van der Waals surface area (Å²) in [5.41, 5.74) is 7.79. The molecule has 2 atom stereocenters. The average Bonchev–Trinajstić information content (AvgIpc) is 3.03. The Labute approximate surface area is 187 Å². The first kappa shape index (κ1) is 22.7. The molecule has 5 nitrogen and oxygen atoms in total. The van der Waals surface area contributed by atoms with Gasteiger partial charge in [-0.3, -0.25) is 9.89 Å². The maximum atomic E-state index is 13.9. The molecule has 0 bridgehead atoms. The topological polar surface area (TPSA) is 62.9 Å². The number of hydrogen-bond donors (Lipinski definition) is 2. The Balaban J connectivity index is 0.00000280. The molecule has 0 aromatic heterocycles. The van der Waals surface area contributed by atoms with Crippen LogP contribution in [-0.2, 0) is 0 Å². The molecule has 152 valence electrons. The number of methoxy groups -OCH3 is 1. The van der Waals surface area contributed by atoms with Crippen molar-refractivity contribution >= 4 is 47.2 Å². The monoisotopic (exact) mass is 518 g/mol. The highest BCUT2D eigenvalue weighted by atomic mass is 127. The minimum atomic E-state index is -0.391. The number of anilines is 1. The summed E-state index contributed by atoms with van der Waals surface area (Å²) in [6.45, 7) is 1.50. The van der Waals surface area contributed by atoms with E-state index in [0.717, 1.165) is 30.0 Å². The second-order valence-corrected chi connectivity index (χ2v) is 7.13. The third-order valence-corrected chi connectivity index (χ3v) is 5.22. The smallest absolute Gasteiger partial charge is 0.193 e. The number of ether oxygens (including phenoxy) is 1. The van der Waals surface area contributed by atoms with E-state index in [0.29, 0.717) is 12.5 Å². The minimum absolute atomic E-state index is 0. The number of benzene rings is 2. The van der Waals surface area contributed by atoms with Gasteiger partial charge in [-0.15, -0.1) is 24.0 Å². The fourth-order valence-corrected chi connectivity index (χ4v) is 3.64. The molecule has 1 heterocycles. The fraction of sp³-hybridized carbons (Fsp3) is 0.350. The number of hydrogen-bond acceptors (Lipinski definition) is 3. The molecule has 2 aromatic carbocycles. The van der Waals surface area contributed by atoms with Crippen molar-refractivity contribution in [3.63, 3.8) is 0 Å². The molecule has 1 aliphatic rings. The number of likely N-dealkylation sites (tertiary alicyclic amines) is 1. The molecular formula is C20H25ClFIN4O. The molecule has 0 aliphatic carbocycles. The van der Waals surface area contributed by atoms with Crippen molar-refractivity contribution in [2.75, 3.05) is 32.6 Å². The molecule has 2 aromatic rings. The van der Waals surface area contributed by atoms with E-state index >= 15 is 0 Å². The zero-order valence-electron chi connectivity index (χ0n) is 15.9. The van der Waals surface area contributed by atoms with Gasteiger partial charge in [-0.25, -0.2) is 4.39 Å². The maximum Gasteiger partial charge on any atom is 0.193 e. The molecule has 1 aliphatic heterocycles. The molecule has 1 fully saturated rings. The van der Waals surface area contributed by atoms with Crippen molar-refractivity contribution in [1.29, 1.82) is 0 Å². The minimum Gasteiger partial charge on any atom is -0.497 e. The standard InChI is InChI=1S/C20H24ClFN4O.HI/c1-26-10-9-14(19(26)13-3-8-17(21)18(22)11-13)12-24-20(23)25-15-4-6-16(27-2)7-5-15;/h3-8,11,14,19H,9-10,12H2,1-2H3,(H3,23,24,25);1H. The number of halogens is 3. The highest BCUT2D eigenvalue weighted by Crippen LogP contribution is 2.37. The summed E-state index contributed by atoms with van der Waals surface area (Å²) in [5.74, 6) is 1.00. The van der Waals surface area contributed by atoms with Crippen molar-refractivity contribution in [2.45, 2.75) is 12.5 Å². The van der Waals surface area contributed by atoms with Crippen LogP contribution in [0.1, 0.15) is 18.0 Å². The summed E-state index contributed by atoms with van der Waals surface area (Å²) in [4.78, 5) is 6.72. The molecule has 28 heavy (non-hydrogen) atoms. The van der Waals surface area contributed by atoms with Gasteiger partial charge in [0, 0.05) is 18.3 Å². The van der Waals surface area contributed by atoms with Gasteiger partial charge in [-0.2, -0.15) is 0 Å². The Morgan fingerprint density at radius 3 is 2.68 bits per heavy atom. The van der Waals surface area contributed by atoms with Crippen molar-refractivity contribution in [1.82, 2.24) is 4.90 Å². The second-order valence-electron chi connectivity index (χ2n) is 6.73. The Bertz CT molecular complexity index is 818. The number of nitrogens with one attached hydrogen (secondary N) is 1. The first-order valence-corrected chi connectivity index (χ1v) is 9.22. The SMILES string of the molecule is COc1ccc(NC(N)=NCC2CCN(C)C2c2ccc(Cl)c(F)c2)cc1.I. The summed E-state index contributed by atoms with van der Waals surface area (Å²) in [6, 6.07) is 12.6. The van der Waals surface area contributed by atoms with Crippen LogP contribution in [0, 0.1) is 11.7 Å². The van der Waals surface area contributed by atoms with Gasteiger partial charge in [0.25, 0.3) is 0 Å². The van der Waals surface area contributed by atoms with Crippen LogP contribution in [0.15, 0.2) is 47.5 Å². The normalized spacial score (nSPS) is 19.9. The first-order valence-electron chi connectivity index (χ1n) is 8.84. The zero-order chi connectivity index (χ0) is 19.4. The van der Waals surface area contributed by atoms with E-state index in [1.165, 1.54) is 6.07 Å². The summed E-state index contributed by atoms with van der Waals surface area (Å²) >= 11 is 5.82. The molecule has 0 amide bonds. The van der Waals surface area contributed by atoms with Crippen LogP contribution in [0.2, 0.25) is 5.02 Å². The molecular weight excluding hydrogens is 494 g/mol. The largest absolute Gasteiger partial charge is 0.497 e. The van der Waals surface area contributed by atoms with Gasteiger partial charge in [0.1, 0.15) is 11.6 Å². The molecule has 0 spiro atoms. The molecule has 3 rings (SSSR count). The van der Waals surface area contributed by atoms with Crippen molar-refractivity contribution in [3.8, 4) is 5.75 Å². The Morgan fingerprint density at radius 2 is 2.04 bits per heavy atom. The zero-order valence-corrected chi connectivity index (χ0v) is 18.9. The van der Waals surface area contributed by atoms with E-state index in [1.54, 1.807) is 13.2 Å². The lowest BCUT2D eigenvalue weighted by Crippen LogP contribution is -2.26. The highest BCUT2D eigenvalue weighted by molar-refractivity contribution is 14.0. The van der Waals surface area contributed by atoms with Crippen molar-refractivity contribution in [3.05, 3.63) is 58.9 Å². The third kappa shape index (κ3) is 5.48. The second kappa shape index (κ2) is 10.3. The lowest BCUT2D eigenvalue weighted by atomic mass is 9.94. The van der Waals surface area contributed by atoms with Gasteiger partial charge in [-0.1, -0.05) is 17.7 Å². The number of guanidine groups is 1. The van der Waals surface area contributed by atoms with Crippen LogP contribution in [0.5, 0.6) is 5.75 Å². The molecule has 2 unspecified atom stereocenters. The van der Waals surface area contributed by atoms with E-state index in [-0.39, 0.29) is 41.0 Å². The van der Waals surface area contributed by atoms with Gasteiger partial charge in [-0.05, 0) is 67.9 Å². The predicted molar refractivity (Wildman–Crippen MR) is 123 cm³/mol. The van der Waals surface area contributed by atoms with E-state index in [9.17, 15) is 4.39 Å². The lowest BCUT2D eigenvalue weighted by molar-refractivity contribution is 0.279.